The van der Waals surface area contributed by atoms with Crippen molar-refractivity contribution in [2.75, 3.05) is 32.8 Å². The molecule has 2 fully saturated rings. The maximum atomic E-state index is 13.3. The number of nitrogens with one attached hydrogen (secondary N) is 2. The topological polar surface area (TPSA) is 118 Å². The number of benzene rings is 1. The summed E-state index contributed by atoms with van der Waals surface area (Å²) in [6, 6.07) is 6.89. The molecule has 2 aliphatic heterocycles. The Morgan fingerprint density at radius 2 is 1.79 bits per heavy atom. The molecule has 10 heteroatoms. The zero-order valence-corrected chi connectivity index (χ0v) is 19.1. The zero-order valence-electron chi connectivity index (χ0n) is 19.1. The highest BCUT2D eigenvalue weighted by Crippen LogP contribution is 2.37. The van der Waals surface area contributed by atoms with Crippen LogP contribution in [0.3, 0.4) is 0 Å². The second-order valence-corrected chi connectivity index (χ2v) is 8.94. The number of hydrogen-bond donors (Lipinski definition) is 2. The molecule has 2 aliphatic rings. The summed E-state index contributed by atoms with van der Waals surface area (Å²) in [5, 5.41) is 14.4. The number of nitrogens with zero attached hydrogens (tertiary/aromatic N) is 4. The van der Waals surface area contributed by atoms with E-state index in [1.807, 2.05) is 24.3 Å². The molecular formula is C23H32N6O4. The molecule has 2 N–H and O–H groups in total. The molecule has 0 bridgehead atoms. The van der Waals surface area contributed by atoms with Crippen LogP contribution in [0.4, 0.5) is 0 Å². The maximum absolute atomic E-state index is 13.3. The van der Waals surface area contributed by atoms with Crippen LogP contribution in [-0.2, 0) is 25.7 Å². The molecule has 1 atom stereocenters. The van der Waals surface area contributed by atoms with Gasteiger partial charge in [0.2, 0.25) is 17.7 Å². The van der Waals surface area contributed by atoms with Crippen LogP contribution in [0.1, 0.15) is 39.0 Å². The van der Waals surface area contributed by atoms with Crippen molar-refractivity contribution in [1.29, 1.82) is 0 Å². The number of piperidine rings is 1. The van der Waals surface area contributed by atoms with Gasteiger partial charge in [-0.2, -0.15) is 15.0 Å². The van der Waals surface area contributed by atoms with Gasteiger partial charge < -0.3 is 20.3 Å². The Hall–Kier alpha value is -3.01. The summed E-state index contributed by atoms with van der Waals surface area (Å²) in [6.07, 6.45) is 3.56. The first kappa shape index (κ1) is 23.2. The summed E-state index contributed by atoms with van der Waals surface area (Å²) in [4.78, 5) is 41.6. The van der Waals surface area contributed by atoms with Gasteiger partial charge in [0, 0.05) is 26.2 Å². The van der Waals surface area contributed by atoms with Crippen molar-refractivity contribution >= 4 is 28.8 Å². The Morgan fingerprint density at radius 1 is 1.09 bits per heavy atom. The molecule has 0 unspecified atom stereocenters. The number of fused-ring (bicyclic) bond motifs is 1. The van der Waals surface area contributed by atoms with Gasteiger partial charge >= 0.3 is 0 Å². The van der Waals surface area contributed by atoms with Gasteiger partial charge in [-0.25, -0.2) is 0 Å². The van der Waals surface area contributed by atoms with Crippen LogP contribution in [0.5, 0.6) is 0 Å². The molecule has 2 saturated heterocycles. The summed E-state index contributed by atoms with van der Waals surface area (Å²) in [6.45, 7) is 4.26. The van der Waals surface area contributed by atoms with Crippen LogP contribution in [0.2, 0.25) is 0 Å². The van der Waals surface area contributed by atoms with Gasteiger partial charge in [-0.15, -0.1) is 0 Å². The number of likely N-dealkylation sites (tertiary alicyclic amines) is 1. The SMILES string of the molecule is C[C@@H]1NC(=O)C2(CCCCOCCNC1=O)CCN(C(=O)Cn1nc3ccccc3n1)CC2. The molecule has 2 aromatic rings. The number of ether oxygens (including phenoxy) is 1. The summed E-state index contributed by atoms with van der Waals surface area (Å²) < 4.78 is 5.57. The Labute approximate surface area is 193 Å². The van der Waals surface area contributed by atoms with E-state index < -0.39 is 11.5 Å². The van der Waals surface area contributed by atoms with E-state index in [-0.39, 0.29) is 24.3 Å². The normalized spacial score (nSPS) is 22.7. The summed E-state index contributed by atoms with van der Waals surface area (Å²) in [5.41, 5.74) is 0.925. The monoisotopic (exact) mass is 456 g/mol. The van der Waals surface area contributed by atoms with Crippen molar-refractivity contribution in [3.8, 4) is 0 Å². The average Bonchev–Trinajstić information content (AvgIpc) is 3.22. The lowest BCUT2D eigenvalue weighted by molar-refractivity contribution is -0.143. The predicted octanol–water partition coefficient (Wildman–Crippen LogP) is 0.862. The molecule has 33 heavy (non-hydrogen) atoms. The van der Waals surface area contributed by atoms with Crippen molar-refractivity contribution in [3.63, 3.8) is 0 Å². The quantitative estimate of drug-likeness (QED) is 0.692. The third kappa shape index (κ3) is 5.50. The first-order valence-electron chi connectivity index (χ1n) is 11.7. The largest absolute Gasteiger partial charge is 0.380 e. The standard InChI is InChI=1S/C23H32N6O4/c1-17-21(31)24-11-15-33-14-5-4-8-23(22(32)25-17)9-12-28(13-10-23)20(30)16-29-26-18-6-2-3-7-19(18)27-29/h2-3,6-7,17H,4-5,8-16H2,1H3,(H,24,31)(H,25,32)/t17-/m0/s1. The van der Waals surface area contributed by atoms with E-state index >= 15 is 0 Å². The number of aromatic nitrogens is 3. The minimum absolute atomic E-state index is 0.0589. The highest BCUT2D eigenvalue weighted by Gasteiger charge is 2.42. The van der Waals surface area contributed by atoms with Gasteiger partial charge in [0.25, 0.3) is 0 Å². The smallest absolute Gasteiger partial charge is 0.246 e. The molecule has 10 nitrogen and oxygen atoms in total. The van der Waals surface area contributed by atoms with Gasteiger partial charge in [-0.1, -0.05) is 18.6 Å². The number of carbonyl (C=O) groups excluding carboxylic acids is 3. The second-order valence-electron chi connectivity index (χ2n) is 8.94. The molecule has 0 aliphatic carbocycles. The Morgan fingerprint density at radius 3 is 2.48 bits per heavy atom. The van der Waals surface area contributed by atoms with Crippen molar-refractivity contribution in [1.82, 2.24) is 30.5 Å². The fourth-order valence-corrected chi connectivity index (χ4v) is 4.56. The lowest BCUT2D eigenvalue weighted by atomic mass is 9.73. The number of hydrogen-bond acceptors (Lipinski definition) is 6. The van der Waals surface area contributed by atoms with Gasteiger partial charge in [0.05, 0.1) is 12.0 Å². The molecule has 178 valence electrons. The minimum atomic E-state index is -0.616. The van der Waals surface area contributed by atoms with E-state index in [0.29, 0.717) is 52.1 Å². The molecule has 3 amide bonds. The van der Waals surface area contributed by atoms with E-state index in [0.717, 1.165) is 23.9 Å². The highest BCUT2D eigenvalue weighted by molar-refractivity contribution is 5.90. The number of carbonyl (C=O) groups is 3. The highest BCUT2D eigenvalue weighted by atomic mass is 16.5. The summed E-state index contributed by atoms with van der Waals surface area (Å²) in [7, 11) is 0. The summed E-state index contributed by atoms with van der Waals surface area (Å²) >= 11 is 0. The van der Waals surface area contributed by atoms with Gasteiger partial charge in [-0.05, 0) is 44.7 Å². The first-order valence-corrected chi connectivity index (χ1v) is 11.7. The zero-order chi connectivity index (χ0) is 23.3. The van der Waals surface area contributed by atoms with Crippen LogP contribution in [0.15, 0.2) is 24.3 Å². The van der Waals surface area contributed by atoms with Crippen molar-refractivity contribution in [2.24, 2.45) is 5.41 Å². The van der Waals surface area contributed by atoms with Crippen LogP contribution < -0.4 is 10.6 Å². The van der Waals surface area contributed by atoms with Gasteiger partial charge in [0.15, 0.2) is 0 Å². The van der Waals surface area contributed by atoms with Gasteiger partial charge in [0.1, 0.15) is 23.6 Å². The van der Waals surface area contributed by atoms with Gasteiger partial charge in [-0.3, -0.25) is 14.4 Å². The van der Waals surface area contributed by atoms with Crippen molar-refractivity contribution in [3.05, 3.63) is 24.3 Å². The molecular weight excluding hydrogens is 424 g/mol. The first-order chi connectivity index (χ1) is 16.0. The van der Waals surface area contributed by atoms with Crippen LogP contribution in [0, 0.1) is 5.41 Å². The minimum Gasteiger partial charge on any atom is -0.380 e. The predicted molar refractivity (Wildman–Crippen MR) is 121 cm³/mol. The van der Waals surface area contributed by atoms with E-state index in [2.05, 4.69) is 20.8 Å². The fourth-order valence-electron chi connectivity index (χ4n) is 4.56. The third-order valence-corrected chi connectivity index (χ3v) is 6.64. The van der Waals surface area contributed by atoms with E-state index in [9.17, 15) is 14.4 Å². The summed E-state index contributed by atoms with van der Waals surface area (Å²) in [5.74, 6) is -0.373. The number of amides is 3. The molecule has 4 rings (SSSR count). The van der Waals surface area contributed by atoms with Crippen molar-refractivity contribution in [2.45, 2.75) is 51.6 Å². The molecule has 3 heterocycles. The maximum Gasteiger partial charge on any atom is 0.246 e. The van der Waals surface area contributed by atoms with Crippen LogP contribution in [0.25, 0.3) is 11.0 Å². The van der Waals surface area contributed by atoms with E-state index in [1.165, 1.54) is 4.80 Å². The molecule has 1 aromatic heterocycles. The average molecular weight is 457 g/mol. The molecule has 0 saturated carbocycles. The van der Waals surface area contributed by atoms with Crippen LogP contribution in [-0.4, -0.2) is 76.5 Å². The Balaban J connectivity index is 1.39. The van der Waals surface area contributed by atoms with E-state index in [1.54, 1.807) is 11.8 Å². The molecule has 0 radical (unpaired) electrons. The Bertz CT molecular complexity index is 965. The Kier molecular flexibility index (Phi) is 7.22. The lowest BCUT2D eigenvalue weighted by Crippen LogP contribution is -2.54. The lowest BCUT2D eigenvalue weighted by Gasteiger charge is -2.41. The molecule has 1 spiro atoms. The molecule has 1 aromatic carbocycles. The van der Waals surface area contributed by atoms with Crippen molar-refractivity contribution < 1.29 is 19.1 Å². The van der Waals surface area contributed by atoms with E-state index in [4.69, 9.17) is 4.74 Å². The second kappa shape index (κ2) is 10.3. The third-order valence-electron chi connectivity index (χ3n) is 6.64. The fraction of sp³-hybridized carbons (Fsp3) is 0.609. The van der Waals surface area contributed by atoms with Crippen LogP contribution >= 0.6 is 0 Å². The number of rotatable bonds is 2.